The van der Waals surface area contributed by atoms with Crippen molar-refractivity contribution in [3.8, 4) is 0 Å². The van der Waals surface area contributed by atoms with Crippen LogP contribution in [0.1, 0.15) is 37.5 Å². The van der Waals surface area contributed by atoms with Gasteiger partial charge in [-0.2, -0.15) is 0 Å². The smallest absolute Gasteiger partial charge is 0.168 e. The van der Waals surface area contributed by atoms with Gasteiger partial charge in [-0.05, 0) is 23.6 Å². The third-order valence-corrected chi connectivity index (χ3v) is 4.75. The molecule has 2 aromatic rings. The maximum atomic E-state index is 9.13. The fourth-order valence-corrected chi connectivity index (χ4v) is 3.39. The van der Waals surface area contributed by atoms with Gasteiger partial charge in [0.1, 0.15) is 5.60 Å². The Bertz CT molecular complexity index is 666. The molecular formula is C20H24O3. The van der Waals surface area contributed by atoms with Gasteiger partial charge in [0.25, 0.3) is 0 Å². The molecule has 0 spiro atoms. The zero-order valence-electron chi connectivity index (χ0n) is 14.0. The minimum Gasteiger partial charge on any atom is -0.394 e. The Morgan fingerprint density at radius 2 is 1.57 bits per heavy atom. The first-order valence-corrected chi connectivity index (χ1v) is 8.06. The van der Waals surface area contributed by atoms with Crippen LogP contribution in [0, 0.1) is 0 Å². The van der Waals surface area contributed by atoms with E-state index < -0.39 is 11.9 Å². The molecule has 122 valence electrons. The van der Waals surface area contributed by atoms with Crippen molar-refractivity contribution in [1.82, 2.24) is 0 Å². The molecule has 1 heterocycles. The van der Waals surface area contributed by atoms with Crippen LogP contribution in [0.3, 0.4) is 0 Å². The van der Waals surface area contributed by atoms with Crippen molar-refractivity contribution in [2.24, 2.45) is 0 Å². The minimum absolute atomic E-state index is 0.0142. The molecule has 0 radical (unpaired) electrons. The SMILES string of the molecule is CC1(C)c2ccccc2[C@@](C)(c2ccccc2)O[C@@H]1OCCO. The molecule has 3 heteroatoms. The molecule has 0 aromatic heterocycles. The molecular weight excluding hydrogens is 288 g/mol. The summed E-state index contributed by atoms with van der Waals surface area (Å²) in [5.74, 6) is 0. The monoisotopic (exact) mass is 312 g/mol. The summed E-state index contributed by atoms with van der Waals surface area (Å²) in [6.45, 7) is 6.59. The van der Waals surface area contributed by atoms with E-state index >= 15 is 0 Å². The lowest BCUT2D eigenvalue weighted by Gasteiger charge is -2.48. The maximum Gasteiger partial charge on any atom is 0.168 e. The molecule has 1 aliphatic rings. The number of aliphatic hydroxyl groups excluding tert-OH is 1. The summed E-state index contributed by atoms with van der Waals surface area (Å²) in [6, 6.07) is 18.6. The van der Waals surface area contributed by atoms with Gasteiger partial charge in [0, 0.05) is 5.41 Å². The van der Waals surface area contributed by atoms with Crippen LogP contribution in [0.15, 0.2) is 54.6 Å². The van der Waals surface area contributed by atoms with E-state index in [0.29, 0.717) is 0 Å². The summed E-state index contributed by atoms with van der Waals surface area (Å²) in [5.41, 5.74) is 2.62. The fraction of sp³-hybridized carbons (Fsp3) is 0.400. The lowest BCUT2D eigenvalue weighted by atomic mass is 9.72. The molecule has 3 rings (SSSR count). The zero-order chi connectivity index (χ0) is 16.5. The standard InChI is InChI=1S/C20H24O3/c1-19(2)16-11-7-8-12-17(16)20(3,15-9-5-4-6-10-15)23-18(19)22-14-13-21/h4-12,18,21H,13-14H2,1-3H3/t18-,20+/m0/s1. The Morgan fingerprint density at radius 3 is 2.22 bits per heavy atom. The van der Waals surface area contributed by atoms with Crippen LogP contribution >= 0.6 is 0 Å². The second kappa shape index (κ2) is 6.08. The third-order valence-electron chi connectivity index (χ3n) is 4.75. The van der Waals surface area contributed by atoms with Crippen molar-refractivity contribution >= 4 is 0 Å². The predicted octanol–water partition coefficient (Wildman–Crippen LogP) is 3.59. The molecule has 0 bridgehead atoms. The summed E-state index contributed by atoms with van der Waals surface area (Å²) >= 11 is 0. The van der Waals surface area contributed by atoms with Crippen LogP contribution in [-0.4, -0.2) is 24.6 Å². The first-order valence-electron chi connectivity index (χ1n) is 8.06. The summed E-state index contributed by atoms with van der Waals surface area (Å²) in [6.07, 6.45) is -0.422. The molecule has 1 aliphatic heterocycles. The van der Waals surface area contributed by atoms with Crippen LogP contribution < -0.4 is 0 Å². The highest BCUT2D eigenvalue weighted by Crippen LogP contribution is 2.48. The van der Waals surface area contributed by atoms with E-state index in [-0.39, 0.29) is 18.6 Å². The van der Waals surface area contributed by atoms with Gasteiger partial charge < -0.3 is 14.6 Å². The highest BCUT2D eigenvalue weighted by Gasteiger charge is 2.48. The number of benzene rings is 2. The van der Waals surface area contributed by atoms with E-state index in [0.717, 1.165) is 5.56 Å². The molecule has 0 aliphatic carbocycles. The largest absolute Gasteiger partial charge is 0.394 e. The number of aliphatic hydroxyl groups is 1. The van der Waals surface area contributed by atoms with Crippen LogP contribution in [0.5, 0.6) is 0 Å². The Hall–Kier alpha value is -1.68. The minimum atomic E-state index is -0.576. The van der Waals surface area contributed by atoms with Crippen LogP contribution in [-0.2, 0) is 20.5 Å². The maximum absolute atomic E-state index is 9.13. The Labute approximate surface area is 137 Å². The van der Waals surface area contributed by atoms with E-state index in [2.05, 4.69) is 51.1 Å². The average molecular weight is 312 g/mol. The van der Waals surface area contributed by atoms with E-state index in [1.54, 1.807) is 0 Å². The molecule has 1 N–H and O–H groups in total. The van der Waals surface area contributed by atoms with Gasteiger partial charge in [-0.3, -0.25) is 0 Å². The first kappa shape index (κ1) is 16.2. The van der Waals surface area contributed by atoms with Crippen molar-refractivity contribution in [2.45, 2.75) is 38.1 Å². The first-order chi connectivity index (χ1) is 11.0. The van der Waals surface area contributed by atoms with Crippen LogP contribution in [0.25, 0.3) is 0 Å². The van der Waals surface area contributed by atoms with Crippen molar-refractivity contribution in [2.75, 3.05) is 13.2 Å². The highest BCUT2D eigenvalue weighted by molar-refractivity contribution is 5.46. The average Bonchev–Trinajstić information content (AvgIpc) is 2.58. The molecule has 3 nitrogen and oxygen atoms in total. The normalized spacial score (nSPS) is 25.8. The molecule has 2 atom stereocenters. The Kier molecular flexibility index (Phi) is 4.28. The molecule has 0 amide bonds. The molecule has 2 aromatic carbocycles. The topological polar surface area (TPSA) is 38.7 Å². The van der Waals surface area contributed by atoms with E-state index in [9.17, 15) is 0 Å². The quantitative estimate of drug-likeness (QED) is 0.937. The fourth-order valence-electron chi connectivity index (χ4n) is 3.39. The summed E-state index contributed by atoms with van der Waals surface area (Å²) in [5, 5.41) is 9.13. The van der Waals surface area contributed by atoms with Crippen molar-refractivity contribution in [1.29, 1.82) is 0 Å². The van der Waals surface area contributed by atoms with Crippen molar-refractivity contribution in [3.63, 3.8) is 0 Å². The molecule has 0 unspecified atom stereocenters. The number of fused-ring (bicyclic) bond motifs is 1. The van der Waals surface area contributed by atoms with Crippen molar-refractivity contribution < 1.29 is 14.6 Å². The van der Waals surface area contributed by atoms with Gasteiger partial charge in [-0.25, -0.2) is 0 Å². The zero-order valence-corrected chi connectivity index (χ0v) is 14.0. The van der Waals surface area contributed by atoms with Gasteiger partial charge >= 0.3 is 0 Å². The van der Waals surface area contributed by atoms with E-state index in [4.69, 9.17) is 14.6 Å². The summed E-state index contributed by atoms with van der Waals surface area (Å²) in [7, 11) is 0. The third kappa shape index (κ3) is 2.69. The van der Waals surface area contributed by atoms with Crippen LogP contribution in [0.2, 0.25) is 0 Å². The predicted molar refractivity (Wildman–Crippen MR) is 90.3 cm³/mol. The van der Waals surface area contributed by atoms with Gasteiger partial charge in [-0.15, -0.1) is 0 Å². The van der Waals surface area contributed by atoms with Gasteiger partial charge in [-0.1, -0.05) is 68.4 Å². The van der Waals surface area contributed by atoms with Crippen molar-refractivity contribution in [3.05, 3.63) is 71.3 Å². The second-order valence-corrected chi connectivity index (χ2v) is 6.71. The summed E-state index contributed by atoms with van der Waals surface area (Å²) < 4.78 is 12.3. The van der Waals surface area contributed by atoms with E-state index in [1.807, 2.05) is 24.3 Å². The second-order valence-electron chi connectivity index (χ2n) is 6.71. The molecule has 0 saturated heterocycles. The lowest BCUT2D eigenvalue weighted by Crippen LogP contribution is -2.50. The van der Waals surface area contributed by atoms with Gasteiger partial charge in [0.15, 0.2) is 6.29 Å². The van der Waals surface area contributed by atoms with Gasteiger partial charge in [0.05, 0.1) is 13.2 Å². The molecule has 23 heavy (non-hydrogen) atoms. The molecule has 0 saturated carbocycles. The number of rotatable bonds is 4. The lowest BCUT2D eigenvalue weighted by molar-refractivity contribution is -0.238. The Morgan fingerprint density at radius 1 is 0.957 bits per heavy atom. The van der Waals surface area contributed by atoms with Crippen LogP contribution in [0.4, 0.5) is 0 Å². The van der Waals surface area contributed by atoms with E-state index in [1.165, 1.54) is 11.1 Å². The summed E-state index contributed by atoms with van der Waals surface area (Å²) in [4.78, 5) is 0. The number of hydrogen-bond acceptors (Lipinski definition) is 3. The Balaban J connectivity index is 2.14. The molecule has 0 fully saturated rings. The van der Waals surface area contributed by atoms with Gasteiger partial charge in [0.2, 0.25) is 0 Å². The highest BCUT2D eigenvalue weighted by atomic mass is 16.7. The number of ether oxygens (including phenoxy) is 2. The number of hydrogen-bond donors (Lipinski definition) is 1.